The molecule has 17 unspecified atom stereocenters. The summed E-state index contributed by atoms with van der Waals surface area (Å²) in [6, 6.07) is -0.974. The van der Waals surface area contributed by atoms with Crippen LogP contribution >= 0.6 is 0 Å². The summed E-state index contributed by atoms with van der Waals surface area (Å²) in [5.41, 5.74) is 0. The molecule has 0 bridgehead atoms. The lowest BCUT2D eigenvalue weighted by molar-refractivity contribution is -0.379. The molecule has 17 atom stereocenters. The summed E-state index contributed by atoms with van der Waals surface area (Å²) < 4.78 is 34.5. The highest BCUT2D eigenvalue weighted by Crippen LogP contribution is 2.33. The van der Waals surface area contributed by atoms with Crippen molar-refractivity contribution in [1.82, 2.24) is 5.32 Å². The molecule has 0 radical (unpaired) electrons. The number of ether oxygens (including phenoxy) is 6. The SMILES string of the molecule is CCCCCCC/C=C\C/C=C\CCCCCCCCCCCCCCCCCCCC(=O)NC(COC1OC(CO)C(OC2OC(CO)C(OC3OC(CO)C(O)C(O)C3O)C(O)C2O)C(O)C1O)C(O)/C=C/CCCCCCCCCCCCCCCCCCCCCCCCCC. The average molecular weight is 1430 g/mol. The smallest absolute Gasteiger partial charge is 0.220 e. The van der Waals surface area contributed by atoms with E-state index in [0.29, 0.717) is 6.42 Å². The second-order valence-corrected chi connectivity index (χ2v) is 29.6. The Labute approximate surface area is 606 Å². The summed E-state index contributed by atoms with van der Waals surface area (Å²) in [6.07, 6.45) is 49.9. The molecule has 3 saturated heterocycles. The molecule has 3 fully saturated rings. The second kappa shape index (κ2) is 62.1. The number of aliphatic hydroxyl groups excluding tert-OH is 11. The molecule has 100 heavy (non-hydrogen) atoms. The second-order valence-electron chi connectivity index (χ2n) is 29.6. The average Bonchev–Trinajstić information content (AvgIpc) is 0.783. The van der Waals surface area contributed by atoms with E-state index in [4.69, 9.17) is 28.4 Å². The molecule has 0 saturated carbocycles. The van der Waals surface area contributed by atoms with Crippen LogP contribution in [0.15, 0.2) is 36.5 Å². The van der Waals surface area contributed by atoms with Crippen molar-refractivity contribution in [3.63, 3.8) is 0 Å². The van der Waals surface area contributed by atoms with Crippen LogP contribution in [0.1, 0.15) is 341 Å². The van der Waals surface area contributed by atoms with Gasteiger partial charge < -0.3 is 89.9 Å². The number of amides is 1. The molecule has 588 valence electrons. The van der Waals surface area contributed by atoms with Crippen LogP contribution in [-0.2, 0) is 33.2 Å². The number of carbonyl (C=O) groups excluding carboxylic acids is 1. The Morgan fingerprint density at radius 1 is 0.360 bits per heavy atom. The molecule has 3 aliphatic heterocycles. The van der Waals surface area contributed by atoms with Crippen molar-refractivity contribution in [2.24, 2.45) is 0 Å². The lowest BCUT2D eigenvalue weighted by atomic mass is 9.96. The maximum Gasteiger partial charge on any atom is 0.220 e. The molecular weight excluding hydrogens is 1270 g/mol. The van der Waals surface area contributed by atoms with Crippen molar-refractivity contribution in [2.75, 3.05) is 26.4 Å². The third-order valence-electron chi connectivity index (χ3n) is 20.7. The van der Waals surface area contributed by atoms with E-state index in [-0.39, 0.29) is 18.9 Å². The zero-order valence-electron chi connectivity index (χ0n) is 62.9. The fourth-order valence-corrected chi connectivity index (χ4v) is 14.1. The summed E-state index contributed by atoms with van der Waals surface area (Å²) >= 11 is 0. The van der Waals surface area contributed by atoms with Gasteiger partial charge in [-0.1, -0.05) is 320 Å². The Morgan fingerprint density at radius 2 is 0.660 bits per heavy atom. The van der Waals surface area contributed by atoms with Crippen LogP contribution in [0.3, 0.4) is 0 Å². The zero-order chi connectivity index (χ0) is 72.5. The molecule has 0 aliphatic carbocycles. The van der Waals surface area contributed by atoms with E-state index in [1.54, 1.807) is 6.08 Å². The minimum Gasteiger partial charge on any atom is -0.394 e. The van der Waals surface area contributed by atoms with E-state index in [2.05, 4.69) is 43.5 Å². The molecule has 0 spiro atoms. The van der Waals surface area contributed by atoms with Crippen molar-refractivity contribution >= 4 is 5.91 Å². The van der Waals surface area contributed by atoms with Crippen molar-refractivity contribution < 1.29 is 89.4 Å². The van der Waals surface area contributed by atoms with Gasteiger partial charge >= 0.3 is 0 Å². The van der Waals surface area contributed by atoms with Gasteiger partial charge in [-0.05, 0) is 51.4 Å². The number of hydrogen-bond acceptors (Lipinski definition) is 18. The minimum atomic E-state index is -1.98. The monoisotopic (exact) mass is 1430 g/mol. The van der Waals surface area contributed by atoms with Crippen LogP contribution in [0, 0.1) is 0 Å². The van der Waals surface area contributed by atoms with E-state index in [9.17, 15) is 61.0 Å². The van der Waals surface area contributed by atoms with Crippen molar-refractivity contribution in [3.8, 4) is 0 Å². The zero-order valence-corrected chi connectivity index (χ0v) is 62.9. The van der Waals surface area contributed by atoms with Crippen LogP contribution < -0.4 is 5.32 Å². The highest BCUT2D eigenvalue weighted by molar-refractivity contribution is 5.76. The van der Waals surface area contributed by atoms with Crippen molar-refractivity contribution in [2.45, 2.75) is 446 Å². The molecule has 3 aliphatic rings. The number of allylic oxidation sites excluding steroid dienone is 5. The topological polar surface area (TPSA) is 307 Å². The fraction of sp³-hybridized carbons (Fsp3) is 0.914. The molecule has 3 rings (SSSR count). The van der Waals surface area contributed by atoms with Gasteiger partial charge in [-0.2, -0.15) is 0 Å². The van der Waals surface area contributed by atoms with E-state index < -0.39 is 124 Å². The first-order valence-corrected chi connectivity index (χ1v) is 41.2. The molecule has 12 N–H and O–H groups in total. The Hall–Kier alpha value is -1.99. The summed E-state index contributed by atoms with van der Waals surface area (Å²) in [4.78, 5) is 13.5. The summed E-state index contributed by atoms with van der Waals surface area (Å²) in [7, 11) is 0. The third-order valence-corrected chi connectivity index (χ3v) is 20.7. The quantitative estimate of drug-likeness (QED) is 0.0199. The van der Waals surface area contributed by atoms with Crippen LogP contribution in [0.5, 0.6) is 0 Å². The van der Waals surface area contributed by atoms with Gasteiger partial charge in [0.05, 0.1) is 38.6 Å². The summed E-state index contributed by atoms with van der Waals surface area (Å²) in [5.74, 6) is -0.269. The normalized spacial score (nSPS) is 26.6. The highest BCUT2D eigenvalue weighted by Gasteiger charge is 2.54. The number of nitrogens with one attached hydrogen (secondary N) is 1. The van der Waals surface area contributed by atoms with Crippen LogP contribution in [0.4, 0.5) is 0 Å². The van der Waals surface area contributed by atoms with E-state index >= 15 is 0 Å². The number of rotatable bonds is 66. The van der Waals surface area contributed by atoms with E-state index in [0.717, 1.165) is 51.4 Å². The predicted molar refractivity (Wildman–Crippen MR) is 397 cm³/mol. The Balaban J connectivity index is 1.37. The molecule has 3 heterocycles. The van der Waals surface area contributed by atoms with Gasteiger partial charge in [-0.25, -0.2) is 0 Å². The van der Waals surface area contributed by atoms with Crippen LogP contribution in [0.2, 0.25) is 0 Å². The maximum atomic E-state index is 13.5. The van der Waals surface area contributed by atoms with E-state index in [1.807, 2.05) is 6.08 Å². The first kappa shape index (κ1) is 92.2. The van der Waals surface area contributed by atoms with Crippen LogP contribution in [0.25, 0.3) is 0 Å². The molecule has 0 aromatic rings. The van der Waals surface area contributed by atoms with Crippen molar-refractivity contribution in [1.29, 1.82) is 0 Å². The first-order chi connectivity index (χ1) is 48.8. The lowest BCUT2D eigenvalue weighted by Crippen LogP contribution is -2.66. The molecule has 0 aromatic heterocycles. The largest absolute Gasteiger partial charge is 0.394 e. The number of aliphatic hydroxyl groups is 11. The van der Waals surface area contributed by atoms with Gasteiger partial charge in [-0.3, -0.25) is 4.79 Å². The Kier molecular flexibility index (Phi) is 57.3. The minimum absolute atomic E-state index is 0.246. The molecule has 1 amide bonds. The van der Waals surface area contributed by atoms with Crippen LogP contribution in [-0.4, -0.2) is 193 Å². The standard InChI is InChI=1S/C81H151NO18/c1-3-5-7-9-11-13-15-17-19-21-23-25-27-29-31-32-33-35-37-39-41-43-45-47-49-51-53-55-57-59-69(87)82-64(65(86)58-56-54-52-50-48-46-44-42-40-38-36-34-30-28-26-24-22-20-18-16-14-12-10-8-6-4-2)63-95-79-75(93)72(90)77(67(61-84)97-79)100-81-76(94)73(91)78(68(62-85)98-81)99-80-74(92)71(89)70(88)66(60-83)96-80/h15,17,21,23,56,58,64-68,70-81,83-86,88-94H,3-14,16,18-20,22,24-55,57,59-63H2,1-2H3,(H,82,87)/b17-15-,23-21-,58-56+. The van der Waals surface area contributed by atoms with Gasteiger partial charge in [0.1, 0.15) is 73.2 Å². The molecule has 19 nitrogen and oxygen atoms in total. The Bertz CT molecular complexity index is 1950. The molecule has 19 heteroatoms. The number of hydrogen-bond donors (Lipinski definition) is 12. The highest BCUT2D eigenvalue weighted by atomic mass is 16.8. The van der Waals surface area contributed by atoms with Gasteiger partial charge in [0.15, 0.2) is 18.9 Å². The van der Waals surface area contributed by atoms with E-state index in [1.165, 1.54) is 263 Å². The van der Waals surface area contributed by atoms with Gasteiger partial charge in [-0.15, -0.1) is 0 Å². The van der Waals surface area contributed by atoms with Crippen molar-refractivity contribution in [3.05, 3.63) is 36.5 Å². The first-order valence-electron chi connectivity index (χ1n) is 41.2. The predicted octanol–water partition coefficient (Wildman–Crippen LogP) is 13.9. The Morgan fingerprint density at radius 3 is 1.02 bits per heavy atom. The van der Waals surface area contributed by atoms with Gasteiger partial charge in [0.2, 0.25) is 5.91 Å². The summed E-state index contributed by atoms with van der Waals surface area (Å²) in [6.45, 7) is 1.78. The van der Waals surface area contributed by atoms with Gasteiger partial charge in [0.25, 0.3) is 0 Å². The lowest BCUT2D eigenvalue weighted by Gasteiger charge is -2.48. The fourth-order valence-electron chi connectivity index (χ4n) is 14.1. The number of unbranched alkanes of at least 4 members (excludes halogenated alkanes) is 46. The molecule has 0 aromatic carbocycles. The third kappa shape index (κ3) is 41.8. The maximum absolute atomic E-state index is 13.5. The molecular formula is C81H151NO18. The number of carbonyl (C=O) groups is 1. The summed E-state index contributed by atoms with van der Waals surface area (Å²) in [5, 5.41) is 121. The van der Waals surface area contributed by atoms with Gasteiger partial charge in [0, 0.05) is 6.42 Å².